The van der Waals surface area contributed by atoms with E-state index in [1.807, 2.05) is 0 Å². The summed E-state index contributed by atoms with van der Waals surface area (Å²) < 4.78 is 0. The van der Waals surface area contributed by atoms with Crippen LogP contribution in [0.5, 0.6) is 0 Å². The molecule has 0 fully saturated rings. The van der Waals surface area contributed by atoms with Crippen molar-refractivity contribution in [2.75, 3.05) is 0 Å². The van der Waals surface area contributed by atoms with E-state index >= 15 is 0 Å². The monoisotopic (exact) mass is 1450 g/mol. The Morgan fingerprint density at radius 1 is 0.119 bits per heavy atom. The van der Waals surface area contributed by atoms with Gasteiger partial charge in [-0.25, -0.2) is 0 Å². The molecule has 0 radical (unpaired) electrons. The summed E-state index contributed by atoms with van der Waals surface area (Å²) in [4.78, 5) is 0. The summed E-state index contributed by atoms with van der Waals surface area (Å²) in [6.07, 6.45) is 0. The molecule has 4 atom stereocenters. The van der Waals surface area contributed by atoms with Gasteiger partial charge in [0.05, 0.1) is 0 Å². The van der Waals surface area contributed by atoms with Crippen LogP contribution in [0, 0.1) is 0 Å². The molecule has 5 heteroatoms. The van der Waals surface area contributed by atoms with Gasteiger partial charge >= 0.3 is 608 Å². The SMILES string of the molecule is c1ccc(-c2ccc([PH][Pd]([PH]c3ccc(-c4ccccc4)c(-c4ccccc4)c3-c3ccccc3)([PH]c3ccc(-c4ccccc4)c(-c4ccccc4)c3-c3ccccc3)[PH]c3ccc(-c4ccccc4)c(-c4ccccc4)c3-c3ccccc3)c(-c3ccccc3)c2-c2ccccc2)cc1. The van der Waals surface area contributed by atoms with E-state index in [0.717, 1.165) is 0 Å². The van der Waals surface area contributed by atoms with Crippen molar-refractivity contribution in [1.82, 2.24) is 0 Å². The molecular weight excluding hydrogens is 1380 g/mol. The van der Waals surface area contributed by atoms with Crippen molar-refractivity contribution in [3.8, 4) is 134 Å². The minimum absolute atomic E-state index is 0.411. The number of rotatable bonds is 20. The van der Waals surface area contributed by atoms with Gasteiger partial charge in [-0.1, -0.05) is 0 Å². The molecule has 0 aromatic heterocycles. The summed E-state index contributed by atoms with van der Waals surface area (Å²) in [7, 11) is 0. The van der Waals surface area contributed by atoms with Crippen molar-refractivity contribution in [3.05, 3.63) is 413 Å². The summed E-state index contributed by atoms with van der Waals surface area (Å²) in [6.45, 7) is 1.65. The third-order valence-electron chi connectivity index (χ3n) is 18.5. The zero-order valence-electron chi connectivity index (χ0n) is 55.6. The molecule has 0 aliphatic carbocycles. The van der Waals surface area contributed by atoms with Crippen molar-refractivity contribution < 1.29 is 13.6 Å². The second kappa shape index (κ2) is 30.8. The molecule has 0 heterocycles. The zero-order valence-corrected chi connectivity index (χ0v) is 61.1. The van der Waals surface area contributed by atoms with Crippen LogP contribution in [0.15, 0.2) is 413 Å². The molecule has 16 rings (SSSR count). The first-order valence-corrected chi connectivity index (χ1v) is 46.8. The van der Waals surface area contributed by atoms with Crippen LogP contribution in [-0.4, -0.2) is 0 Å². The van der Waals surface area contributed by atoms with Gasteiger partial charge in [-0.2, -0.15) is 0 Å². The van der Waals surface area contributed by atoms with Crippen LogP contribution in [0.25, 0.3) is 134 Å². The van der Waals surface area contributed by atoms with E-state index < -0.39 is 13.6 Å². The van der Waals surface area contributed by atoms with E-state index in [-0.39, 0.29) is 0 Å². The Kier molecular flexibility index (Phi) is 20.0. The molecule has 0 saturated carbocycles. The Morgan fingerprint density at radius 2 is 0.248 bits per heavy atom. The van der Waals surface area contributed by atoms with E-state index in [2.05, 4.69) is 413 Å². The average Bonchev–Trinajstić information content (AvgIpc) is 0.749. The Bertz CT molecular complexity index is 4750. The summed E-state index contributed by atoms with van der Waals surface area (Å²) in [5, 5.41) is 5.61. The predicted molar refractivity (Wildman–Crippen MR) is 443 cm³/mol. The summed E-state index contributed by atoms with van der Waals surface area (Å²) in [6, 6.07) is 155. The van der Waals surface area contributed by atoms with Crippen LogP contribution in [0.2, 0.25) is 0 Å². The van der Waals surface area contributed by atoms with E-state index in [9.17, 15) is 0 Å². The molecule has 0 amide bonds. The molecule has 4 unspecified atom stereocenters. The maximum absolute atomic E-state index is 3.40. The molecule has 16 aromatic rings. The Balaban J connectivity index is 1.08. The van der Waals surface area contributed by atoms with Crippen molar-refractivity contribution in [2.45, 2.75) is 0 Å². The average molecular weight is 1460 g/mol. The molecule has 0 N–H and O–H groups in total. The molecule has 0 spiro atoms. The first-order valence-electron chi connectivity index (χ1n) is 34.2. The minimum atomic E-state index is -3.40. The van der Waals surface area contributed by atoms with Gasteiger partial charge in [0, 0.05) is 0 Å². The van der Waals surface area contributed by atoms with Crippen LogP contribution in [0.1, 0.15) is 0 Å². The quantitative estimate of drug-likeness (QED) is 0.0527. The molecular formula is C96H72P4Pd. The summed E-state index contributed by atoms with van der Waals surface area (Å²) >= 11 is -3.40. The van der Waals surface area contributed by atoms with Crippen molar-refractivity contribution in [2.24, 2.45) is 0 Å². The molecule has 101 heavy (non-hydrogen) atoms. The van der Waals surface area contributed by atoms with Crippen LogP contribution in [0.4, 0.5) is 0 Å². The third kappa shape index (κ3) is 14.1. The van der Waals surface area contributed by atoms with Gasteiger partial charge < -0.3 is 0 Å². The van der Waals surface area contributed by atoms with Gasteiger partial charge in [-0.15, -0.1) is 0 Å². The van der Waals surface area contributed by atoms with Crippen LogP contribution < -0.4 is 21.2 Å². The van der Waals surface area contributed by atoms with Crippen molar-refractivity contribution in [1.29, 1.82) is 0 Å². The van der Waals surface area contributed by atoms with Gasteiger partial charge in [0.15, 0.2) is 0 Å². The van der Waals surface area contributed by atoms with Gasteiger partial charge in [0.25, 0.3) is 0 Å². The van der Waals surface area contributed by atoms with E-state index in [4.69, 9.17) is 0 Å². The van der Waals surface area contributed by atoms with Gasteiger partial charge in [-0.3, -0.25) is 0 Å². The fourth-order valence-electron chi connectivity index (χ4n) is 14.0. The summed E-state index contributed by atoms with van der Waals surface area (Å²) in [5.74, 6) is 0. The van der Waals surface area contributed by atoms with Gasteiger partial charge in [-0.05, 0) is 0 Å². The zero-order chi connectivity index (χ0) is 67.6. The van der Waals surface area contributed by atoms with Crippen LogP contribution in [-0.2, 0) is 13.6 Å². The normalized spacial score (nSPS) is 12.6. The second-order valence-corrected chi connectivity index (χ2v) is 57.1. The Labute approximate surface area is 603 Å². The molecule has 0 aliphatic rings. The topological polar surface area (TPSA) is 0 Å². The van der Waals surface area contributed by atoms with E-state index in [0.29, 0.717) is 27.1 Å². The number of hydrogen-bond acceptors (Lipinski definition) is 0. The second-order valence-electron chi connectivity index (χ2n) is 24.8. The molecule has 0 aliphatic heterocycles. The third-order valence-corrected chi connectivity index (χ3v) is 50.6. The number of benzene rings is 16. The Morgan fingerprint density at radius 3 is 0.396 bits per heavy atom. The Hall–Kier alpha value is -10.1. The first-order chi connectivity index (χ1) is 50.1. The molecule has 16 aromatic carbocycles. The van der Waals surface area contributed by atoms with E-state index in [1.54, 1.807) is 0 Å². The van der Waals surface area contributed by atoms with E-state index in [1.165, 1.54) is 155 Å². The standard InChI is InChI=1S/4C24H18P.Pd/c4*25-22-17-16-21(18-10-4-1-5-11-18)23(19-12-6-2-7-13-19)24(22)20-14-8-3-9-15-20;/h4*1-17,25H;/q4*-1;+4. The summed E-state index contributed by atoms with van der Waals surface area (Å²) in [5.41, 5.74) is 29.7. The number of hydrogen-bond donors (Lipinski definition) is 0. The fourth-order valence-corrected chi connectivity index (χ4v) is 52.7. The molecule has 0 nitrogen and oxygen atoms in total. The molecule has 0 bridgehead atoms. The fraction of sp³-hybridized carbons (Fsp3) is 0. The first kappa shape index (κ1) is 65.5. The maximum atomic E-state index is 2.57. The molecule has 0 saturated heterocycles. The van der Waals surface area contributed by atoms with Crippen LogP contribution in [0.3, 0.4) is 0 Å². The predicted octanol–water partition coefficient (Wildman–Crippen LogP) is 25.8. The van der Waals surface area contributed by atoms with Gasteiger partial charge in [0.2, 0.25) is 0 Å². The van der Waals surface area contributed by atoms with Gasteiger partial charge in [0.1, 0.15) is 0 Å². The molecule has 486 valence electrons. The van der Waals surface area contributed by atoms with Crippen molar-refractivity contribution in [3.63, 3.8) is 0 Å². The van der Waals surface area contributed by atoms with Crippen molar-refractivity contribution >= 4 is 48.3 Å². The van der Waals surface area contributed by atoms with Crippen LogP contribution >= 0.6 is 27.1 Å².